The van der Waals surface area contributed by atoms with E-state index in [1.54, 1.807) is 0 Å². The van der Waals surface area contributed by atoms with Crippen molar-refractivity contribution < 1.29 is 4.79 Å². The van der Waals surface area contributed by atoms with Crippen LogP contribution in [0.2, 0.25) is 0 Å². The van der Waals surface area contributed by atoms with Crippen LogP contribution in [0, 0.1) is 13.8 Å². The van der Waals surface area contributed by atoms with E-state index in [9.17, 15) is 4.79 Å². The number of guanidine groups is 1. The Labute approximate surface area is 125 Å². The molecule has 1 heterocycles. The van der Waals surface area contributed by atoms with Crippen molar-refractivity contribution in [3.8, 4) is 0 Å². The number of carbonyl (C=O) groups is 1. The van der Waals surface area contributed by atoms with E-state index in [-0.39, 0.29) is 18.4 Å². The topological polar surface area (TPSA) is 65.5 Å². The van der Waals surface area contributed by atoms with Crippen LogP contribution in [0.4, 0.5) is 10.5 Å². The van der Waals surface area contributed by atoms with Crippen molar-refractivity contribution in [3.63, 3.8) is 0 Å². The van der Waals surface area contributed by atoms with Gasteiger partial charge in [0.1, 0.15) is 0 Å². The number of benzene rings is 1. The van der Waals surface area contributed by atoms with Gasteiger partial charge in [0.15, 0.2) is 5.96 Å². The molecule has 5 nitrogen and oxygen atoms in total. The molecule has 0 aromatic heterocycles. The first-order valence-corrected chi connectivity index (χ1v) is 6.59. The molecule has 110 valence electrons. The molecular formula is C14H21ClN4O. The number of nitrogens with one attached hydrogen (secondary N) is 3. The minimum absolute atomic E-state index is 0. The van der Waals surface area contributed by atoms with Crippen LogP contribution >= 0.6 is 12.4 Å². The summed E-state index contributed by atoms with van der Waals surface area (Å²) in [5, 5.41) is 8.73. The van der Waals surface area contributed by atoms with E-state index in [4.69, 9.17) is 0 Å². The van der Waals surface area contributed by atoms with E-state index in [0.29, 0.717) is 5.96 Å². The maximum absolute atomic E-state index is 12.0. The summed E-state index contributed by atoms with van der Waals surface area (Å²) in [7, 11) is 0. The second kappa shape index (κ2) is 7.75. The maximum atomic E-state index is 12.0. The van der Waals surface area contributed by atoms with Crippen molar-refractivity contribution in [1.82, 2.24) is 10.6 Å². The fourth-order valence-electron chi connectivity index (χ4n) is 2.04. The van der Waals surface area contributed by atoms with Gasteiger partial charge in [-0.3, -0.25) is 10.3 Å². The predicted molar refractivity (Wildman–Crippen MR) is 84.9 cm³/mol. The van der Waals surface area contributed by atoms with Crippen molar-refractivity contribution in [2.45, 2.75) is 26.7 Å². The summed E-state index contributed by atoms with van der Waals surface area (Å²) in [6.07, 6.45) is 2.13. The Hall–Kier alpha value is -1.75. The molecule has 2 amide bonds. The van der Waals surface area contributed by atoms with E-state index in [1.165, 1.54) is 0 Å². The average molecular weight is 297 g/mol. The second-order valence-electron chi connectivity index (χ2n) is 4.71. The first kappa shape index (κ1) is 16.3. The standard InChI is InChI=1S/C14H20N4O.ClH/c1-10-6-5-7-11(2)12(10)17-14(19)18-13-15-8-3-4-9-16-13;/h5-7H,3-4,8-9H2,1-2H3,(H3,15,16,17,18,19);1H. The van der Waals surface area contributed by atoms with Gasteiger partial charge >= 0.3 is 6.03 Å². The number of hydrogen-bond acceptors (Lipinski definition) is 3. The average Bonchev–Trinajstić information content (AvgIpc) is 2.63. The van der Waals surface area contributed by atoms with Crippen LogP contribution in [0.15, 0.2) is 23.2 Å². The summed E-state index contributed by atoms with van der Waals surface area (Å²) in [6, 6.07) is 5.67. The second-order valence-corrected chi connectivity index (χ2v) is 4.71. The number of anilines is 1. The highest BCUT2D eigenvalue weighted by atomic mass is 35.5. The quantitative estimate of drug-likeness (QED) is 0.746. The Morgan fingerprint density at radius 2 is 1.90 bits per heavy atom. The van der Waals surface area contributed by atoms with E-state index in [1.807, 2.05) is 32.0 Å². The van der Waals surface area contributed by atoms with Crippen molar-refractivity contribution in [2.24, 2.45) is 4.99 Å². The fraction of sp³-hybridized carbons (Fsp3) is 0.429. The summed E-state index contributed by atoms with van der Waals surface area (Å²) in [5.41, 5.74) is 2.95. The van der Waals surface area contributed by atoms with Crippen LogP contribution in [0.25, 0.3) is 0 Å². The molecule has 1 aromatic rings. The van der Waals surface area contributed by atoms with Crippen molar-refractivity contribution in [1.29, 1.82) is 0 Å². The van der Waals surface area contributed by atoms with Gasteiger partial charge < -0.3 is 10.6 Å². The van der Waals surface area contributed by atoms with Crippen LogP contribution in [-0.4, -0.2) is 25.1 Å². The lowest BCUT2D eigenvalue weighted by Crippen LogP contribution is -2.43. The molecule has 1 aliphatic rings. The lowest BCUT2D eigenvalue weighted by molar-refractivity contribution is 0.256. The molecule has 0 saturated carbocycles. The Kier molecular flexibility index (Phi) is 6.31. The van der Waals surface area contributed by atoms with E-state index < -0.39 is 0 Å². The summed E-state index contributed by atoms with van der Waals surface area (Å²) < 4.78 is 0. The molecule has 3 N–H and O–H groups in total. The normalized spacial score (nSPS) is 14.2. The highest BCUT2D eigenvalue weighted by Gasteiger charge is 2.10. The molecule has 20 heavy (non-hydrogen) atoms. The predicted octanol–water partition coefficient (Wildman–Crippen LogP) is 2.59. The number of rotatable bonds is 1. The molecule has 0 bridgehead atoms. The van der Waals surface area contributed by atoms with Gasteiger partial charge in [-0.2, -0.15) is 0 Å². The minimum atomic E-state index is -0.259. The van der Waals surface area contributed by atoms with Gasteiger partial charge in [0, 0.05) is 18.8 Å². The van der Waals surface area contributed by atoms with Crippen molar-refractivity contribution in [2.75, 3.05) is 18.4 Å². The summed E-state index contributed by atoms with van der Waals surface area (Å²) in [6.45, 7) is 5.56. The Morgan fingerprint density at radius 1 is 1.20 bits per heavy atom. The lowest BCUT2D eigenvalue weighted by atomic mass is 10.1. The monoisotopic (exact) mass is 296 g/mol. The smallest absolute Gasteiger partial charge is 0.326 e. The molecule has 2 rings (SSSR count). The van der Waals surface area contributed by atoms with Crippen molar-refractivity contribution >= 4 is 30.1 Å². The van der Waals surface area contributed by atoms with Crippen LogP contribution in [0.5, 0.6) is 0 Å². The fourth-order valence-corrected chi connectivity index (χ4v) is 2.04. The SMILES string of the molecule is Cc1cccc(C)c1NC(=O)NC1=NCCCCN1.Cl. The van der Waals surface area contributed by atoms with Gasteiger partial charge in [0.25, 0.3) is 0 Å². The Morgan fingerprint density at radius 3 is 2.60 bits per heavy atom. The summed E-state index contributed by atoms with van der Waals surface area (Å²) >= 11 is 0. The van der Waals surface area contributed by atoms with E-state index >= 15 is 0 Å². The van der Waals surface area contributed by atoms with Crippen LogP contribution in [0.1, 0.15) is 24.0 Å². The number of para-hydroxylation sites is 1. The highest BCUT2D eigenvalue weighted by Crippen LogP contribution is 2.18. The third-order valence-electron chi connectivity index (χ3n) is 3.10. The summed E-state index contributed by atoms with van der Waals surface area (Å²) in [4.78, 5) is 16.2. The molecule has 6 heteroatoms. The largest absolute Gasteiger partial charge is 0.356 e. The van der Waals surface area contributed by atoms with Gasteiger partial charge in [-0.1, -0.05) is 18.2 Å². The van der Waals surface area contributed by atoms with E-state index in [0.717, 1.165) is 42.7 Å². The molecule has 0 saturated heterocycles. The van der Waals surface area contributed by atoms with Gasteiger partial charge in [-0.15, -0.1) is 12.4 Å². The molecule has 0 fully saturated rings. The molecule has 1 aliphatic heterocycles. The van der Waals surface area contributed by atoms with Gasteiger partial charge in [-0.25, -0.2) is 4.79 Å². The van der Waals surface area contributed by atoms with Gasteiger partial charge in [-0.05, 0) is 37.8 Å². The summed E-state index contributed by atoms with van der Waals surface area (Å²) in [5.74, 6) is 0.557. The number of nitrogens with zero attached hydrogens (tertiary/aromatic N) is 1. The number of aryl methyl sites for hydroxylation is 2. The third-order valence-corrected chi connectivity index (χ3v) is 3.10. The zero-order chi connectivity index (χ0) is 13.7. The first-order chi connectivity index (χ1) is 9.16. The third kappa shape index (κ3) is 4.42. The van der Waals surface area contributed by atoms with Crippen LogP contribution in [-0.2, 0) is 0 Å². The lowest BCUT2D eigenvalue weighted by Gasteiger charge is -2.13. The van der Waals surface area contributed by atoms with Crippen LogP contribution < -0.4 is 16.0 Å². The molecule has 0 unspecified atom stereocenters. The molecule has 0 spiro atoms. The minimum Gasteiger partial charge on any atom is -0.356 e. The van der Waals surface area contributed by atoms with Crippen molar-refractivity contribution in [3.05, 3.63) is 29.3 Å². The maximum Gasteiger partial charge on any atom is 0.326 e. The number of amides is 2. The molecule has 0 atom stereocenters. The zero-order valence-corrected chi connectivity index (χ0v) is 12.6. The number of urea groups is 1. The molecule has 0 aliphatic carbocycles. The number of carbonyl (C=O) groups excluding carboxylic acids is 1. The number of hydrogen-bond donors (Lipinski definition) is 3. The van der Waals surface area contributed by atoms with E-state index in [2.05, 4.69) is 20.9 Å². The molecule has 0 radical (unpaired) electrons. The molecular weight excluding hydrogens is 276 g/mol. The van der Waals surface area contributed by atoms with Gasteiger partial charge in [0.2, 0.25) is 0 Å². The Balaban J connectivity index is 0.00000200. The zero-order valence-electron chi connectivity index (χ0n) is 11.8. The van der Waals surface area contributed by atoms with Gasteiger partial charge in [0.05, 0.1) is 0 Å². The Bertz CT molecular complexity index is 482. The molecule has 1 aromatic carbocycles. The highest BCUT2D eigenvalue weighted by molar-refractivity contribution is 6.03. The number of aliphatic imine (C=N–C) groups is 1. The number of halogens is 1. The van der Waals surface area contributed by atoms with Crippen LogP contribution in [0.3, 0.4) is 0 Å². The first-order valence-electron chi connectivity index (χ1n) is 6.59.